The number of ketones is 1. The Morgan fingerprint density at radius 1 is 1.38 bits per heavy atom. The van der Waals surface area contributed by atoms with Crippen molar-refractivity contribution in [1.82, 2.24) is 0 Å². The lowest BCUT2D eigenvalue weighted by Gasteiger charge is -1.92. The maximum absolute atomic E-state index is 11.1. The van der Waals surface area contributed by atoms with Gasteiger partial charge in [-0.15, -0.1) is 0 Å². The summed E-state index contributed by atoms with van der Waals surface area (Å²) in [6.07, 6.45) is 0.972. The lowest BCUT2D eigenvalue weighted by atomic mass is 10.1. The molecule has 66 valence electrons. The fraction of sp³-hybridized carbons (Fsp3) is 0.182. The Labute approximate surface area is 76.8 Å². The summed E-state index contributed by atoms with van der Waals surface area (Å²) in [6, 6.07) is 9.73. The molecule has 1 aromatic carbocycles. The van der Waals surface area contributed by atoms with E-state index in [1.165, 1.54) is 6.08 Å². The number of epoxide rings is 1. The summed E-state index contributed by atoms with van der Waals surface area (Å²) < 4.78 is 5.23. The van der Waals surface area contributed by atoms with Crippen molar-refractivity contribution in [2.24, 2.45) is 0 Å². The first kappa shape index (κ1) is 8.20. The van der Waals surface area contributed by atoms with Crippen molar-refractivity contribution >= 4 is 5.78 Å². The van der Waals surface area contributed by atoms with Crippen LogP contribution in [0.15, 0.2) is 43.0 Å². The highest BCUT2D eigenvalue weighted by atomic mass is 16.6. The van der Waals surface area contributed by atoms with Gasteiger partial charge in [-0.2, -0.15) is 0 Å². The Morgan fingerprint density at radius 3 is 2.69 bits per heavy atom. The van der Waals surface area contributed by atoms with Crippen molar-refractivity contribution < 1.29 is 9.53 Å². The number of carbonyl (C=O) groups is 1. The Balaban J connectivity index is 2.08. The van der Waals surface area contributed by atoms with Gasteiger partial charge >= 0.3 is 0 Å². The zero-order valence-electron chi connectivity index (χ0n) is 7.14. The van der Waals surface area contributed by atoms with Crippen LogP contribution in [0.4, 0.5) is 0 Å². The van der Waals surface area contributed by atoms with Crippen LogP contribution in [0.25, 0.3) is 0 Å². The van der Waals surface area contributed by atoms with E-state index in [9.17, 15) is 4.79 Å². The first-order chi connectivity index (χ1) is 6.33. The van der Waals surface area contributed by atoms with Gasteiger partial charge in [0.25, 0.3) is 0 Å². The molecular weight excluding hydrogens is 164 g/mol. The number of benzene rings is 1. The summed E-state index contributed by atoms with van der Waals surface area (Å²) >= 11 is 0. The highest BCUT2D eigenvalue weighted by Gasteiger charge is 2.44. The molecule has 13 heavy (non-hydrogen) atoms. The van der Waals surface area contributed by atoms with Crippen molar-refractivity contribution in [3.05, 3.63) is 48.6 Å². The third-order valence-corrected chi connectivity index (χ3v) is 2.10. The van der Waals surface area contributed by atoms with Crippen molar-refractivity contribution in [1.29, 1.82) is 0 Å². The number of carbonyl (C=O) groups excluding carboxylic acids is 1. The highest BCUT2D eigenvalue weighted by Crippen LogP contribution is 2.39. The molecule has 0 N–H and O–H groups in total. The van der Waals surface area contributed by atoms with E-state index in [1.54, 1.807) is 0 Å². The third kappa shape index (κ3) is 1.53. The summed E-state index contributed by atoms with van der Waals surface area (Å²) in [4.78, 5) is 11.1. The first-order valence-corrected chi connectivity index (χ1v) is 4.19. The molecule has 1 aliphatic rings. The summed E-state index contributed by atoms with van der Waals surface area (Å²) in [5.41, 5.74) is 1.06. The van der Waals surface area contributed by atoms with Gasteiger partial charge < -0.3 is 4.74 Å². The van der Waals surface area contributed by atoms with E-state index in [4.69, 9.17) is 4.74 Å². The van der Waals surface area contributed by atoms with Gasteiger partial charge in [0.05, 0.1) is 0 Å². The molecule has 1 aliphatic heterocycles. The zero-order valence-corrected chi connectivity index (χ0v) is 7.14. The Kier molecular flexibility index (Phi) is 1.99. The highest BCUT2D eigenvalue weighted by molar-refractivity contribution is 5.95. The molecule has 0 amide bonds. The van der Waals surface area contributed by atoms with Crippen LogP contribution in [-0.2, 0) is 9.53 Å². The predicted octanol–water partition coefficient (Wildman–Crippen LogP) is 1.88. The van der Waals surface area contributed by atoms with E-state index in [1.807, 2.05) is 30.3 Å². The fourth-order valence-electron chi connectivity index (χ4n) is 1.34. The van der Waals surface area contributed by atoms with Gasteiger partial charge in [-0.05, 0) is 11.6 Å². The molecule has 2 heteroatoms. The third-order valence-electron chi connectivity index (χ3n) is 2.10. The average molecular weight is 174 g/mol. The average Bonchev–Trinajstić information content (AvgIpc) is 2.98. The normalized spacial score (nSPS) is 25.2. The monoisotopic (exact) mass is 174 g/mol. The van der Waals surface area contributed by atoms with Crippen LogP contribution in [-0.4, -0.2) is 11.9 Å². The van der Waals surface area contributed by atoms with Gasteiger partial charge in [0.1, 0.15) is 6.10 Å². The molecular formula is C11H10O2. The van der Waals surface area contributed by atoms with E-state index < -0.39 is 0 Å². The van der Waals surface area contributed by atoms with Crippen LogP contribution < -0.4 is 0 Å². The van der Waals surface area contributed by atoms with Gasteiger partial charge in [0.15, 0.2) is 11.9 Å². The summed E-state index contributed by atoms with van der Waals surface area (Å²) in [7, 11) is 0. The first-order valence-electron chi connectivity index (χ1n) is 4.19. The quantitative estimate of drug-likeness (QED) is 0.517. The number of rotatable bonds is 3. The van der Waals surface area contributed by atoms with E-state index in [-0.39, 0.29) is 18.0 Å². The molecule has 0 aliphatic carbocycles. The molecule has 1 fully saturated rings. The predicted molar refractivity (Wildman–Crippen MR) is 49.3 cm³/mol. The molecule has 2 rings (SSSR count). The summed E-state index contributed by atoms with van der Waals surface area (Å²) in [6.45, 7) is 3.42. The van der Waals surface area contributed by atoms with E-state index in [0.29, 0.717) is 0 Å². The van der Waals surface area contributed by atoms with Gasteiger partial charge in [0, 0.05) is 0 Å². The zero-order chi connectivity index (χ0) is 9.26. The molecule has 0 spiro atoms. The Morgan fingerprint density at radius 2 is 2.08 bits per heavy atom. The molecule has 1 saturated heterocycles. The van der Waals surface area contributed by atoms with Gasteiger partial charge in [-0.25, -0.2) is 0 Å². The van der Waals surface area contributed by atoms with Crippen LogP contribution in [0.5, 0.6) is 0 Å². The summed E-state index contributed by atoms with van der Waals surface area (Å²) in [5.74, 6) is -0.0335. The van der Waals surface area contributed by atoms with Crippen LogP contribution in [0.1, 0.15) is 11.7 Å². The lowest BCUT2D eigenvalue weighted by molar-refractivity contribution is -0.115. The van der Waals surface area contributed by atoms with Crippen LogP contribution >= 0.6 is 0 Å². The minimum absolute atomic E-state index is 0.0335. The number of hydrogen-bond acceptors (Lipinski definition) is 2. The second kappa shape index (κ2) is 3.15. The number of ether oxygens (including phenoxy) is 1. The molecule has 0 bridgehead atoms. The van der Waals surface area contributed by atoms with E-state index >= 15 is 0 Å². The molecule has 0 saturated carbocycles. The maximum atomic E-state index is 11.1. The van der Waals surface area contributed by atoms with Crippen LogP contribution in [0, 0.1) is 0 Å². The molecule has 2 atom stereocenters. The fourth-order valence-corrected chi connectivity index (χ4v) is 1.34. The second-order valence-electron chi connectivity index (χ2n) is 2.99. The Hall–Kier alpha value is -1.41. The van der Waals surface area contributed by atoms with Crippen molar-refractivity contribution in [3.63, 3.8) is 0 Å². The molecule has 1 heterocycles. The standard InChI is InChI=1S/C11H10O2/c1-2-9(12)11-10(13-11)8-6-4-3-5-7-8/h2-7,10-11H,1H2. The minimum Gasteiger partial charge on any atom is -0.356 e. The van der Waals surface area contributed by atoms with Crippen molar-refractivity contribution in [2.45, 2.75) is 12.2 Å². The Bertz CT molecular complexity index is 329. The summed E-state index contributed by atoms with van der Waals surface area (Å²) in [5, 5.41) is 0. The molecule has 2 nitrogen and oxygen atoms in total. The molecule has 0 aromatic heterocycles. The van der Waals surface area contributed by atoms with Crippen LogP contribution in [0.3, 0.4) is 0 Å². The topological polar surface area (TPSA) is 29.6 Å². The van der Waals surface area contributed by atoms with E-state index in [2.05, 4.69) is 6.58 Å². The smallest absolute Gasteiger partial charge is 0.186 e. The lowest BCUT2D eigenvalue weighted by Crippen LogP contribution is -2.02. The maximum Gasteiger partial charge on any atom is 0.186 e. The molecule has 1 aromatic rings. The minimum atomic E-state index is -0.292. The van der Waals surface area contributed by atoms with Crippen molar-refractivity contribution in [3.8, 4) is 0 Å². The van der Waals surface area contributed by atoms with Gasteiger partial charge in [0.2, 0.25) is 0 Å². The van der Waals surface area contributed by atoms with Crippen LogP contribution in [0.2, 0.25) is 0 Å². The SMILES string of the molecule is C=CC(=O)C1OC1c1ccccc1. The van der Waals surface area contributed by atoms with Crippen molar-refractivity contribution in [2.75, 3.05) is 0 Å². The van der Waals surface area contributed by atoms with Gasteiger partial charge in [-0.1, -0.05) is 36.9 Å². The van der Waals surface area contributed by atoms with Gasteiger partial charge in [-0.3, -0.25) is 4.79 Å². The second-order valence-corrected chi connectivity index (χ2v) is 2.99. The number of hydrogen-bond donors (Lipinski definition) is 0. The molecule has 0 radical (unpaired) electrons. The largest absolute Gasteiger partial charge is 0.356 e. The molecule has 2 unspecified atom stereocenters. The van der Waals surface area contributed by atoms with E-state index in [0.717, 1.165) is 5.56 Å².